The Labute approximate surface area is 118 Å². The summed E-state index contributed by atoms with van der Waals surface area (Å²) in [7, 11) is 1.80. The van der Waals surface area contributed by atoms with Crippen molar-refractivity contribution in [1.29, 1.82) is 0 Å². The van der Waals surface area contributed by atoms with Crippen LogP contribution in [-0.2, 0) is 13.6 Å². The fourth-order valence-corrected chi connectivity index (χ4v) is 2.04. The summed E-state index contributed by atoms with van der Waals surface area (Å²) < 4.78 is 15.1. The topological polar surface area (TPSA) is 63.0 Å². The van der Waals surface area contributed by atoms with Crippen LogP contribution in [0.25, 0.3) is 0 Å². The number of hydrogen-bond acceptors (Lipinski definition) is 4. The second-order valence-corrected chi connectivity index (χ2v) is 5.02. The number of nitrogens with one attached hydrogen (secondary N) is 1. The first-order chi connectivity index (χ1) is 9.08. The molecule has 0 unspecified atom stereocenters. The lowest BCUT2D eigenvalue weighted by atomic mass is 10.1. The lowest BCUT2D eigenvalue weighted by Crippen LogP contribution is -2.22. The summed E-state index contributed by atoms with van der Waals surface area (Å²) in [6, 6.07) is 4.47. The number of aliphatic hydroxyl groups excluding tert-OH is 1. The third-order valence-corrected chi connectivity index (χ3v) is 3.39. The number of aliphatic hydroxyl groups is 1. The van der Waals surface area contributed by atoms with E-state index in [9.17, 15) is 9.50 Å². The van der Waals surface area contributed by atoms with Crippen molar-refractivity contribution < 1.29 is 9.50 Å². The van der Waals surface area contributed by atoms with E-state index in [1.165, 1.54) is 6.07 Å². The summed E-state index contributed by atoms with van der Waals surface area (Å²) in [6.45, 7) is 0.923. The Kier molecular flexibility index (Phi) is 4.62. The number of rotatable bonds is 5. The molecule has 1 heterocycles. The zero-order valence-corrected chi connectivity index (χ0v) is 11.9. The van der Waals surface area contributed by atoms with Gasteiger partial charge in [0.25, 0.3) is 0 Å². The molecule has 0 aliphatic rings. The molecule has 0 fully saturated rings. The van der Waals surface area contributed by atoms with Crippen molar-refractivity contribution in [2.75, 3.05) is 6.54 Å². The van der Waals surface area contributed by atoms with Gasteiger partial charge in [-0.05, 0) is 33.6 Å². The van der Waals surface area contributed by atoms with Crippen LogP contribution in [0.1, 0.15) is 17.4 Å². The van der Waals surface area contributed by atoms with E-state index in [0.29, 0.717) is 23.1 Å². The quantitative estimate of drug-likeness (QED) is 0.874. The Hall–Kier alpha value is -1.31. The molecule has 1 atom stereocenters. The molecule has 7 heteroatoms. The van der Waals surface area contributed by atoms with Crippen LogP contribution in [-0.4, -0.2) is 26.6 Å². The van der Waals surface area contributed by atoms with E-state index in [0.717, 1.165) is 5.69 Å². The van der Waals surface area contributed by atoms with Crippen molar-refractivity contribution in [2.24, 2.45) is 7.05 Å². The normalized spacial score (nSPS) is 12.6. The molecule has 2 aromatic rings. The first-order valence-electron chi connectivity index (χ1n) is 5.75. The van der Waals surface area contributed by atoms with Gasteiger partial charge >= 0.3 is 0 Å². The molecule has 1 aromatic heterocycles. The summed E-state index contributed by atoms with van der Waals surface area (Å²) in [5, 5.41) is 20.7. The first kappa shape index (κ1) is 14.1. The lowest BCUT2D eigenvalue weighted by molar-refractivity contribution is 0.174. The second-order valence-electron chi connectivity index (χ2n) is 4.17. The molecule has 0 bridgehead atoms. The highest BCUT2D eigenvalue weighted by Crippen LogP contribution is 2.21. The van der Waals surface area contributed by atoms with Gasteiger partial charge in [-0.1, -0.05) is 11.3 Å². The zero-order chi connectivity index (χ0) is 13.8. The number of aromatic nitrogens is 3. The van der Waals surface area contributed by atoms with E-state index in [1.807, 2.05) is 0 Å². The van der Waals surface area contributed by atoms with Gasteiger partial charge in [-0.2, -0.15) is 0 Å². The van der Waals surface area contributed by atoms with Crippen LogP contribution in [0.5, 0.6) is 0 Å². The number of benzene rings is 1. The predicted octanol–water partition coefficient (Wildman–Crippen LogP) is 1.54. The van der Waals surface area contributed by atoms with Crippen LogP contribution in [0.15, 0.2) is 28.9 Å². The highest BCUT2D eigenvalue weighted by atomic mass is 79.9. The lowest BCUT2D eigenvalue weighted by Gasteiger charge is -2.12. The summed E-state index contributed by atoms with van der Waals surface area (Å²) in [4.78, 5) is 0. The van der Waals surface area contributed by atoms with Crippen LogP contribution in [0.2, 0.25) is 0 Å². The third kappa shape index (κ3) is 3.59. The molecule has 0 saturated heterocycles. The van der Waals surface area contributed by atoms with Gasteiger partial charge in [-0.3, -0.25) is 4.68 Å². The highest BCUT2D eigenvalue weighted by Gasteiger charge is 2.10. The largest absolute Gasteiger partial charge is 0.387 e. The number of aryl methyl sites for hydroxylation is 1. The van der Waals surface area contributed by atoms with E-state index in [2.05, 4.69) is 31.6 Å². The van der Waals surface area contributed by atoms with Crippen LogP contribution in [0.3, 0.4) is 0 Å². The Bertz CT molecular complexity index is 560. The van der Waals surface area contributed by atoms with Gasteiger partial charge in [0.05, 0.1) is 22.5 Å². The minimum Gasteiger partial charge on any atom is -0.387 e. The van der Waals surface area contributed by atoms with E-state index in [4.69, 9.17) is 0 Å². The summed E-state index contributed by atoms with van der Waals surface area (Å²) in [6.07, 6.45) is 0.964. The summed E-state index contributed by atoms with van der Waals surface area (Å²) >= 11 is 3.10. The molecule has 0 amide bonds. The fraction of sp³-hybridized carbons (Fsp3) is 0.333. The average molecular weight is 329 g/mol. The molecule has 1 aromatic carbocycles. The average Bonchev–Trinajstić information content (AvgIpc) is 2.78. The van der Waals surface area contributed by atoms with E-state index < -0.39 is 6.10 Å². The number of hydrogen-bond donors (Lipinski definition) is 2. The Morgan fingerprint density at radius 2 is 2.32 bits per heavy atom. The molecule has 102 valence electrons. The van der Waals surface area contributed by atoms with Gasteiger partial charge in [0.15, 0.2) is 0 Å². The van der Waals surface area contributed by atoms with Crippen molar-refractivity contribution in [3.05, 3.63) is 45.9 Å². The monoisotopic (exact) mass is 328 g/mol. The van der Waals surface area contributed by atoms with Crippen molar-refractivity contribution in [3.8, 4) is 0 Å². The molecule has 2 rings (SSSR count). The molecule has 0 saturated carbocycles. The van der Waals surface area contributed by atoms with Gasteiger partial charge < -0.3 is 10.4 Å². The second kappa shape index (κ2) is 6.23. The smallest absolute Gasteiger partial charge is 0.137 e. The molecule has 2 N–H and O–H groups in total. The van der Waals surface area contributed by atoms with Gasteiger partial charge in [0.2, 0.25) is 0 Å². The third-order valence-electron chi connectivity index (χ3n) is 2.78. The summed E-state index contributed by atoms with van der Waals surface area (Å²) in [5.41, 5.74) is 1.58. The van der Waals surface area contributed by atoms with E-state index in [-0.39, 0.29) is 5.82 Å². The van der Waals surface area contributed by atoms with Gasteiger partial charge in [0.1, 0.15) is 5.82 Å². The minimum absolute atomic E-state index is 0.343. The molecule has 19 heavy (non-hydrogen) atoms. The Morgan fingerprint density at radius 1 is 1.53 bits per heavy atom. The molecular formula is C12H14BrFN4O. The molecule has 0 radical (unpaired) electrons. The predicted molar refractivity (Wildman–Crippen MR) is 71.8 cm³/mol. The van der Waals surface area contributed by atoms with Gasteiger partial charge in [0, 0.05) is 20.1 Å². The van der Waals surface area contributed by atoms with Crippen LogP contribution in [0, 0.1) is 5.82 Å². The number of nitrogens with zero attached hydrogens (tertiary/aromatic N) is 3. The first-order valence-corrected chi connectivity index (χ1v) is 6.54. The van der Waals surface area contributed by atoms with Crippen LogP contribution < -0.4 is 5.32 Å². The van der Waals surface area contributed by atoms with E-state index in [1.54, 1.807) is 30.1 Å². The maximum Gasteiger partial charge on any atom is 0.137 e. The van der Waals surface area contributed by atoms with Crippen molar-refractivity contribution in [2.45, 2.75) is 12.6 Å². The van der Waals surface area contributed by atoms with Gasteiger partial charge in [-0.25, -0.2) is 4.39 Å². The Balaban J connectivity index is 1.89. The number of halogens is 2. The maximum absolute atomic E-state index is 13.1. The van der Waals surface area contributed by atoms with Crippen molar-refractivity contribution in [3.63, 3.8) is 0 Å². The fourth-order valence-electron chi connectivity index (χ4n) is 1.65. The zero-order valence-electron chi connectivity index (χ0n) is 10.3. The molecule has 0 spiro atoms. The van der Waals surface area contributed by atoms with Crippen LogP contribution >= 0.6 is 15.9 Å². The molecule has 5 nitrogen and oxygen atoms in total. The Morgan fingerprint density at radius 3 is 2.95 bits per heavy atom. The molecule has 0 aliphatic heterocycles. The minimum atomic E-state index is -0.696. The highest BCUT2D eigenvalue weighted by molar-refractivity contribution is 9.10. The van der Waals surface area contributed by atoms with Gasteiger partial charge in [-0.15, -0.1) is 5.10 Å². The van der Waals surface area contributed by atoms with Crippen LogP contribution in [0.4, 0.5) is 4.39 Å². The molecule has 0 aliphatic carbocycles. The SMILES string of the molecule is Cn1nncc1CNC[C@@H](O)c1ccc(F)c(Br)c1. The standard InChI is InChI=1S/C12H14BrFN4O/c1-18-9(6-16-17-18)5-15-7-12(19)8-2-3-11(14)10(13)4-8/h2-4,6,12,15,19H,5,7H2,1H3/t12-/m1/s1. The summed E-state index contributed by atoms with van der Waals surface area (Å²) in [5.74, 6) is -0.343. The van der Waals surface area contributed by atoms with Crippen molar-refractivity contribution in [1.82, 2.24) is 20.3 Å². The molecular weight excluding hydrogens is 315 g/mol. The van der Waals surface area contributed by atoms with Crippen molar-refractivity contribution >= 4 is 15.9 Å². The maximum atomic E-state index is 13.1. The van der Waals surface area contributed by atoms with E-state index >= 15 is 0 Å².